The van der Waals surface area contributed by atoms with E-state index in [4.69, 9.17) is 9.47 Å². The molecule has 0 bridgehead atoms. The molecule has 0 unspecified atom stereocenters. The third-order valence-electron chi connectivity index (χ3n) is 6.25. The van der Waals surface area contributed by atoms with Crippen molar-refractivity contribution >= 4 is 11.9 Å². The molecular formula is C28H33N3O3. The summed E-state index contributed by atoms with van der Waals surface area (Å²) in [6, 6.07) is 13.8. The quantitative estimate of drug-likeness (QED) is 0.382. The average molecular weight is 460 g/mol. The Kier molecular flexibility index (Phi) is 8.15. The van der Waals surface area contributed by atoms with E-state index in [1.54, 1.807) is 12.5 Å². The van der Waals surface area contributed by atoms with Gasteiger partial charge in [-0.15, -0.1) is 0 Å². The van der Waals surface area contributed by atoms with Crippen molar-refractivity contribution in [3.05, 3.63) is 83.4 Å². The van der Waals surface area contributed by atoms with Gasteiger partial charge in [0.1, 0.15) is 24.7 Å². The lowest BCUT2D eigenvalue weighted by Crippen LogP contribution is -2.27. The maximum Gasteiger partial charge on any atom is 0.189 e. The standard InChI is InChI=1S/C28H33N3O3/c1-3-30(4-2)15-17-33-25-9-5-22(6-10-25)19-24-8-7-23-20-26(11-12-27(23)28(24)32)34-18-16-31-14-13-29-21-31/h5-6,9-14,19-21H,3-4,7-8,15-18H2,1-2H3. The molecule has 0 spiro atoms. The highest BCUT2D eigenvalue weighted by molar-refractivity contribution is 6.13. The van der Waals surface area contributed by atoms with E-state index < -0.39 is 0 Å². The number of imidazole rings is 1. The van der Waals surface area contributed by atoms with E-state index in [1.165, 1.54) is 0 Å². The minimum Gasteiger partial charge on any atom is -0.492 e. The van der Waals surface area contributed by atoms with Crippen molar-refractivity contribution in [1.29, 1.82) is 0 Å². The topological polar surface area (TPSA) is 56.6 Å². The van der Waals surface area contributed by atoms with Crippen LogP contribution in [0, 0.1) is 0 Å². The fourth-order valence-electron chi connectivity index (χ4n) is 4.16. The maximum absolute atomic E-state index is 13.1. The van der Waals surface area contributed by atoms with E-state index in [2.05, 4.69) is 23.7 Å². The fourth-order valence-corrected chi connectivity index (χ4v) is 4.16. The van der Waals surface area contributed by atoms with Crippen LogP contribution in [0.25, 0.3) is 6.08 Å². The molecule has 4 rings (SSSR count). The molecule has 1 aliphatic carbocycles. The molecule has 1 aromatic heterocycles. The Morgan fingerprint density at radius 1 is 1.00 bits per heavy atom. The van der Waals surface area contributed by atoms with Gasteiger partial charge < -0.3 is 18.9 Å². The van der Waals surface area contributed by atoms with Crippen molar-refractivity contribution in [3.63, 3.8) is 0 Å². The average Bonchev–Trinajstić information content (AvgIpc) is 3.38. The molecule has 0 atom stereocenters. The first-order chi connectivity index (χ1) is 16.7. The number of benzene rings is 2. The number of aromatic nitrogens is 2. The zero-order chi connectivity index (χ0) is 23.8. The number of hydrogen-bond donors (Lipinski definition) is 0. The number of rotatable bonds is 11. The third-order valence-corrected chi connectivity index (χ3v) is 6.25. The largest absolute Gasteiger partial charge is 0.492 e. The summed E-state index contributed by atoms with van der Waals surface area (Å²) in [6.45, 7) is 9.28. The molecule has 0 saturated heterocycles. The highest BCUT2D eigenvalue weighted by Crippen LogP contribution is 2.30. The number of fused-ring (bicyclic) bond motifs is 1. The van der Waals surface area contributed by atoms with Gasteiger partial charge in [0.2, 0.25) is 0 Å². The summed E-state index contributed by atoms with van der Waals surface area (Å²) in [5, 5.41) is 0. The molecule has 0 saturated carbocycles. The van der Waals surface area contributed by atoms with Crippen LogP contribution >= 0.6 is 0 Å². The van der Waals surface area contributed by atoms with Crippen molar-refractivity contribution in [3.8, 4) is 11.5 Å². The molecular weight excluding hydrogens is 426 g/mol. The molecule has 1 heterocycles. The van der Waals surface area contributed by atoms with Crippen molar-refractivity contribution < 1.29 is 14.3 Å². The van der Waals surface area contributed by atoms with Crippen LogP contribution in [0.1, 0.15) is 41.8 Å². The zero-order valence-electron chi connectivity index (χ0n) is 20.1. The molecule has 0 fully saturated rings. The van der Waals surface area contributed by atoms with Gasteiger partial charge in [-0.3, -0.25) is 4.79 Å². The first kappa shape index (κ1) is 23.8. The summed E-state index contributed by atoms with van der Waals surface area (Å²) in [6.07, 6.45) is 9.00. The molecule has 0 N–H and O–H groups in total. The predicted octanol–water partition coefficient (Wildman–Crippen LogP) is 4.90. The third kappa shape index (κ3) is 6.14. The summed E-state index contributed by atoms with van der Waals surface area (Å²) in [5.41, 5.74) is 3.69. The molecule has 34 heavy (non-hydrogen) atoms. The van der Waals surface area contributed by atoms with Crippen LogP contribution in [-0.2, 0) is 13.0 Å². The maximum atomic E-state index is 13.1. The lowest BCUT2D eigenvalue weighted by Gasteiger charge is -2.19. The normalized spacial score (nSPS) is 14.4. The fraction of sp³-hybridized carbons (Fsp3) is 0.357. The van der Waals surface area contributed by atoms with E-state index in [0.29, 0.717) is 13.2 Å². The summed E-state index contributed by atoms with van der Waals surface area (Å²) in [7, 11) is 0. The van der Waals surface area contributed by atoms with Crippen molar-refractivity contribution in [2.75, 3.05) is 32.8 Å². The Balaban J connectivity index is 1.33. The summed E-state index contributed by atoms with van der Waals surface area (Å²) < 4.78 is 13.7. The number of aryl methyl sites for hydroxylation is 1. The Labute approximate surface area is 201 Å². The van der Waals surface area contributed by atoms with Crippen LogP contribution < -0.4 is 9.47 Å². The smallest absolute Gasteiger partial charge is 0.189 e. The molecule has 6 heteroatoms. The van der Waals surface area contributed by atoms with Gasteiger partial charge in [0, 0.05) is 30.1 Å². The van der Waals surface area contributed by atoms with Crippen LogP contribution in [0.3, 0.4) is 0 Å². The lowest BCUT2D eigenvalue weighted by molar-refractivity contribution is 0.102. The summed E-state index contributed by atoms with van der Waals surface area (Å²) >= 11 is 0. The first-order valence-electron chi connectivity index (χ1n) is 12.1. The molecule has 1 aliphatic rings. The van der Waals surface area contributed by atoms with E-state index in [1.807, 2.05) is 59.3 Å². The minimum atomic E-state index is 0.103. The van der Waals surface area contributed by atoms with Crippen LogP contribution in [0.4, 0.5) is 0 Å². The van der Waals surface area contributed by atoms with Crippen LogP contribution in [0.2, 0.25) is 0 Å². The van der Waals surface area contributed by atoms with Crippen LogP contribution in [0.5, 0.6) is 11.5 Å². The Hall–Kier alpha value is -3.38. The molecule has 6 nitrogen and oxygen atoms in total. The highest BCUT2D eigenvalue weighted by Gasteiger charge is 2.22. The predicted molar refractivity (Wildman–Crippen MR) is 135 cm³/mol. The molecule has 0 radical (unpaired) electrons. The first-order valence-corrected chi connectivity index (χ1v) is 12.1. The van der Waals surface area contributed by atoms with E-state index in [0.717, 1.165) is 72.8 Å². The van der Waals surface area contributed by atoms with Crippen LogP contribution in [0.15, 0.2) is 66.8 Å². The van der Waals surface area contributed by atoms with E-state index in [9.17, 15) is 4.79 Å². The van der Waals surface area contributed by atoms with Gasteiger partial charge in [-0.2, -0.15) is 0 Å². The second kappa shape index (κ2) is 11.7. The summed E-state index contributed by atoms with van der Waals surface area (Å²) in [4.78, 5) is 19.5. The second-order valence-electron chi connectivity index (χ2n) is 8.41. The van der Waals surface area contributed by atoms with Gasteiger partial charge in [0.15, 0.2) is 5.78 Å². The van der Waals surface area contributed by atoms with Gasteiger partial charge in [-0.1, -0.05) is 26.0 Å². The summed E-state index contributed by atoms with van der Waals surface area (Å²) in [5.74, 6) is 1.76. The van der Waals surface area contributed by atoms with E-state index in [-0.39, 0.29) is 5.78 Å². The minimum absolute atomic E-state index is 0.103. The second-order valence-corrected chi connectivity index (χ2v) is 8.41. The van der Waals surface area contributed by atoms with Crippen molar-refractivity contribution in [2.24, 2.45) is 0 Å². The van der Waals surface area contributed by atoms with Gasteiger partial charge >= 0.3 is 0 Å². The van der Waals surface area contributed by atoms with Gasteiger partial charge in [0.25, 0.3) is 0 Å². The highest BCUT2D eigenvalue weighted by atomic mass is 16.5. The number of hydrogen-bond acceptors (Lipinski definition) is 5. The van der Waals surface area contributed by atoms with Gasteiger partial charge in [0.05, 0.1) is 12.9 Å². The van der Waals surface area contributed by atoms with Gasteiger partial charge in [-0.05, 0) is 73.5 Å². The molecule has 2 aromatic carbocycles. The number of nitrogens with zero attached hydrogens (tertiary/aromatic N) is 3. The number of carbonyl (C=O) groups excluding carboxylic acids is 1. The van der Waals surface area contributed by atoms with Crippen molar-refractivity contribution in [1.82, 2.24) is 14.5 Å². The number of likely N-dealkylation sites (N-methyl/N-ethyl adjacent to an activating group) is 1. The number of Topliss-reactive ketones (excluding diaryl/α,β-unsaturated/α-hetero) is 1. The molecule has 0 amide bonds. The van der Waals surface area contributed by atoms with Crippen LogP contribution in [-0.4, -0.2) is 53.1 Å². The zero-order valence-corrected chi connectivity index (χ0v) is 20.1. The number of ketones is 1. The van der Waals surface area contributed by atoms with Crippen molar-refractivity contribution in [2.45, 2.75) is 33.2 Å². The Morgan fingerprint density at radius 3 is 2.50 bits per heavy atom. The number of ether oxygens (including phenoxy) is 2. The van der Waals surface area contributed by atoms with Gasteiger partial charge in [-0.25, -0.2) is 4.98 Å². The lowest BCUT2D eigenvalue weighted by atomic mass is 9.86. The molecule has 3 aromatic rings. The monoisotopic (exact) mass is 459 g/mol. The Morgan fingerprint density at radius 2 is 1.76 bits per heavy atom. The number of allylic oxidation sites excluding steroid dienone is 1. The molecule has 0 aliphatic heterocycles. The number of carbonyl (C=O) groups is 1. The van der Waals surface area contributed by atoms with E-state index >= 15 is 0 Å². The Bertz CT molecular complexity index is 1100. The molecule has 178 valence electrons. The SMILES string of the molecule is CCN(CC)CCOc1ccc(C=C2CCc3cc(OCCn4ccnc4)ccc3C2=O)cc1.